The predicted molar refractivity (Wildman–Crippen MR) is 97.9 cm³/mol. The summed E-state index contributed by atoms with van der Waals surface area (Å²) < 4.78 is 30.9. The number of hydrogen-bond acceptors (Lipinski definition) is 4. The van der Waals surface area contributed by atoms with Crippen LogP contribution in [0.25, 0.3) is 0 Å². The number of aldehydes is 1. The van der Waals surface area contributed by atoms with Gasteiger partial charge in [0.05, 0.1) is 17.3 Å². The lowest BCUT2D eigenvalue weighted by Gasteiger charge is -2.23. The molecule has 2 atom stereocenters. The average molecular weight is 358 g/mol. The van der Waals surface area contributed by atoms with E-state index in [0.29, 0.717) is 11.9 Å². The Balaban J connectivity index is 2.15. The molecule has 0 radical (unpaired) electrons. The molecule has 0 heterocycles. The highest BCUT2D eigenvalue weighted by atomic mass is 32.2. The van der Waals surface area contributed by atoms with Crippen LogP contribution in [0.2, 0.25) is 0 Å². The standard InChI is InChI=1S/C20H22O4S/c1-16(2)19(15-25(22,23)18-11-7-4-8-12-18)20(13-21)24-14-17-9-5-3-6-10-17/h3-13,19-20H,1,14-15H2,2H3/t19-,20+/m1/s1. The Labute approximate surface area is 149 Å². The molecule has 0 aromatic heterocycles. The lowest BCUT2D eigenvalue weighted by atomic mass is 9.98. The third-order valence-corrected chi connectivity index (χ3v) is 5.74. The first-order valence-electron chi connectivity index (χ1n) is 7.98. The Morgan fingerprint density at radius 3 is 2.16 bits per heavy atom. The van der Waals surface area contributed by atoms with Gasteiger partial charge < -0.3 is 9.53 Å². The largest absolute Gasteiger partial charge is 0.365 e. The van der Waals surface area contributed by atoms with Gasteiger partial charge in [-0.3, -0.25) is 0 Å². The number of rotatable bonds is 9. The second kappa shape index (κ2) is 8.74. The van der Waals surface area contributed by atoms with Crippen LogP contribution in [-0.4, -0.2) is 26.6 Å². The van der Waals surface area contributed by atoms with E-state index in [1.54, 1.807) is 37.3 Å². The maximum atomic E-state index is 12.6. The van der Waals surface area contributed by atoms with Gasteiger partial charge in [0.15, 0.2) is 9.84 Å². The molecule has 132 valence electrons. The molecule has 25 heavy (non-hydrogen) atoms. The van der Waals surface area contributed by atoms with Crippen molar-refractivity contribution in [3.8, 4) is 0 Å². The molecule has 0 spiro atoms. The zero-order chi connectivity index (χ0) is 18.3. The fraction of sp³-hybridized carbons (Fsp3) is 0.250. The van der Waals surface area contributed by atoms with E-state index in [2.05, 4.69) is 6.58 Å². The molecule has 0 saturated heterocycles. The third kappa shape index (κ3) is 5.37. The molecule has 0 aliphatic carbocycles. The van der Waals surface area contributed by atoms with Gasteiger partial charge in [-0.15, -0.1) is 0 Å². The summed E-state index contributed by atoms with van der Waals surface area (Å²) in [5.74, 6) is -0.823. The van der Waals surface area contributed by atoms with E-state index in [9.17, 15) is 13.2 Å². The number of hydrogen-bond donors (Lipinski definition) is 0. The van der Waals surface area contributed by atoms with Crippen molar-refractivity contribution >= 4 is 16.1 Å². The average Bonchev–Trinajstić information content (AvgIpc) is 2.62. The molecular weight excluding hydrogens is 336 g/mol. The summed E-state index contributed by atoms with van der Waals surface area (Å²) in [5, 5.41) is 0. The van der Waals surface area contributed by atoms with Crippen molar-refractivity contribution in [1.29, 1.82) is 0 Å². The normalized spacial score (nSPS) is 13.8. The highest BCUT2D eigenvalue weighted by Crippen LogP contribution is 2.23. The summed E-state index contributed by atoms with van der Waals surface area (Å²) in [4.78, 5) is 11.8. The molecule has 0 amide bonds. The van der Waals surface area contributed by atoms with Crippen LogP contribution in [0, 0.1) is 5.92 Å². The van der Waals surface area contributed by atoms with Crippen molar-refractivity contribution in [3.05, 3.63) is 78.4 Å². The zero-order valence-corrected chi connectivity index (χ0v) is 15.0. The Kier molecular flexibility index (Phi) is 6.67. The molecule has 2 aromatic carbocycles. The van der Waals surface area contributed by atoms with E-state index in [1.165, 1.54) is 0 Å². The second-order valence-corrected chi connectivity index (χ2v) is 7.98. The minimum Gasteiger partial charge on any atom is -0.365 e. The van der Waals surface area contributed by atoms with Crippen LogP contribution in [0.5, 0.6) is 0 Å². The number of carbonyl (C=O) groups is 1. The smallest absolute Gasteiger partial charge is 0.179 e. The molecule has 0 saturated carbocycles. The van der Waals surface area contributed by atoms with Gasteiger partial charge in [0, 0.05) is 5.92 Å². The van der Waals surface area contributed by atoms with E-state index in [0.717, 1.165) is 5.56 Å². The Morgan fingerprint density at radius 2 is 1.64 bits per heavy atom. The van der Waals surface area contributed by atoms with Crippen molar-refractivity contribution in [2.24, 2.45) is 5.92 Å². The monoisotopic (exact) mass is 358 g/mol. The van der Waals surface area contributed by atoms with Crippen molar-refractivity contribution in [2.45, 2.75) is 24.5 Å². The minimum atomic E-state index is -3.54. The molecule has 0 aliphatic rings. The number of benzene rings is 2. The van der Waals surface area contributed by atoms with E-state index in [1.807, 2.05) is 30.3 Å². The molecule has 4 nitrogen and oxygen atoms in total. The Morgan fingerprint density at radius 1 is 1.08 bits per heavy atom. The van der Waals surface area contributed by atoms with Crippen LogP contribution in [0.4, 0.5) is 0 Å². The summed E-state index contributed by atoms with van der Waals surface area (Å²) in [6.07, 6.45) is -0.209. The molecular formula is C20H22O4S. The van der Waals surface area contributed by atoms with E-state index >= 15 is 0 Å². The summed E-state index contributed by atoms with van der Waals surface area (Å²) in [6, 6.07) is 17.6. The first-order chi connectivity index (χ1) is 11.9. The third-order valence-electron chi connectivity index (χ3n) is 3.95. The molecule has 5 heteroatoms. The van der Waals surface area contributed by atoms with Gasteiger partial charge in [-0.05, 0) is 24.6 Å². The molecule has 0 unspecified atom stereocenters. The second-order valence-electron chi connectivity index (χ2n) is 5.94. The Hall–Kier alpha value is -2.24. The van der Waals surface area contributed by atoms with Crippen molar-refractivity contribution in [3.63, 3.8) is 0 Å². The lowest BCUT2D eigenvalue weighted by Crippen LogP contribution is -2.32. The molecule has 2 rings (SSSR count). The van der Waals surface area contributed by atoms with Crippen molar-refractivity contribution < 1.29 is 17.9 Å². The predicted octanol–water partition coefficient (Wildman–Crippen LogP) is 3.44. The van der Waals surface area contributed by atoms with Crippen LogP contribution < -0.4 is 0 Å². The summed E-state index contributed by atoms with van der Waals surface area (Å²) >= 11 is 0. The van der Waals surface area contributed by atoms with Crippen molar-refractivity contribution in [1.82, 2.24) is 0 Å². The minimum absolute atomic E-state index is 0.218. The van der Waals surface area contributed by atoms with Crippen LogP contribution in [0.3, 0.4) is 0 Å². The van der Waals surface area contributed by atoms with Gasteiger partial charge in [-0.2, -0.15) is 0 Å². The first kappa shape index (κ1) is 19.1. The fourth-order valence-corrected chi connectivity index (χ4v) is 4.21. The number of ether oxygens (including phenoxy) is 1. The van der Waals surface area contributed by atoms with E-state index < -0.39 is 21.9 Å². The quantitative estimate of drug-likeness (QED) is 0.509. The van der Waals surface area contributed by atoms with Crippen LogP contribution in [0.15, 0.2) is 77.7 Å². The Bertz CT molecular complexity index is 798. The van der Waals surface area contributed by atoms with Crippen molar-refractivity contribution in [2.75, 3.05) is 5.75 Å². The number of sulfone groups is 1. The van der Waals surface area contributed by atoms with Gasteiger partial charge in [0.2, 0.25) is 0 Å². The van der Waals surface area contributed by atoms with Gasteiger partial charge in [-0.25, -0.2) is 8.42 Å². The molecule has 0 fully saturated rings. The van der Waals surface area contributed by atoms with Gasteiger partial charge in [0.1, 0.15) is 12.4 Å². The highest BCUT2D eigenvalue weighted by molar-refractivity contribution is 7.91. The maximum Gasteiger partial charge on any atom is 0.179 e. The van der Waals surface area contributed by atoms with E-state index in [-0.39, 0.29) is 17.3 Å². The number of carbonyl (C=O) groups excluding carboxylic acids is 1. The van der Waals surface area contributed by atoms with Crippen LogP contribution in [-0.2, 0) is 26.0 Å². The molecule has 2 aromatic rings. The molecule has 0 aliphatic heterocycles. The van der Waals surface area contributed by atoms with Gasteiger partial charge in [0.25, 0.3) is 0 Å². The van der Waals surface area contributed by atoms with Crippen LogP contribution >= 0.6 is 0 Å². The zero-order valence-electron chi connectivity index (χ0n) is 14.2. The summed E-state index contributed by atoms with van der Waals surface area (Å²) in [6.45, 7) is 5.81. The summed E-state index contributed by atoms with van der Waals surface area (Å²) in [5.41, 5.74) is 1.52. The maximum absolute atomic E-state index is 12.6. The lowest BCUT2D eigenvalue weighted by molar-refractivity contribution is -0.121. The SMILES string of the molecule is C=C(C)[C@@H](CS(=O)(=O)c1ccccc1)[C@H](C=O)OCc1ccccc1. The highest BCUT2D eigenvalue weighted by Gasteiger charge is 2.29. The first-order valence-corrected chi connectivity index (χ1v) is 9.63. The van der Waals surface area contributed by atoms with Crippen LogP contribution in [0.1, 0.15) is 12.5 Å². The summed E-state index contributed by atoms with van der Waals surface area (Å²) in [7, 11) is -3.54. The van der Waals surface area contributed by atoms with Gasteiger partial charge in [-0.1, -0.05) is 60.7 Å². The molecule has 0 N–H and O–H groups in total. The van der Waals surface area contributed by atoms with E-state index in [4.69, 9.17) is 4.74 Å². The fourth-order valence-electron chi connectivity index (χ4n) is 2.49. The van der Waals surface area contributed by atoms with Gasteiger partial charge >= 0.3 is 0 Å². The molecule has 0 bridgehead atoms. The topological polar surface area (TPSA) is 60.4 Å².